The molecular weight excluding hydrogens is 256 g/mol. The van der Waals surface area contributed by atoms with Crippen molar-refractivity contribution in [3.63, 3.8) is 0 Å². The van der Waals surface area contributed by atoms with Crippen molar-refractivity contribution in [2.45, 2.75) is 64.2 Å². The summed E-state index contributed by atoms with van der Waals surface area (Å²) in [6, 6.07) is 0. The summed E-state index contributed by atoms with van der Waals surface area (Å²) in [7, 11) is 0. The van der Waals surface area contributed by atoms with E-state index in [1.807, 2.05) is 0 Å². The quantitative estimate of drug-likeness (QED) is 0.503. The fourth-order valence-electron chi connectivity index (χ4n) is 2.11. The van der Waals surface area contributed by atoms with Crippen molar-refractivity contribution in [3.8, 4) is 0 Å². The molecule has 1 heterocycles. The van der Waals surface area contributed by atoms with Crippen LogP contribution in [0, 0.1) is 0 Å². The van der Waals surface area contributed by atoms with E-state index in [1.165, 1.54) is 25.7 Å². The maximum atomic E-state index is 11.4. The van der Waals surface area contributed by atoms with Gasteiger partial charge in [-0.25, -0.2) is 0 Å². The van der Waals surface area contributed by atoms with Gasteiger partial charge in [-0.05, 0) is 12.8 Å². The maximum absolute atomic E-state index is 11.4. The minimum Gasteiger partial charge on any atom is -0.465 e. The normalized spacial score (nSPS) is 23.0. The molecule has 0 spiro atoms. The van der Waals surface area contributed by atoms with Gasteiger partial charge in [-0.1, -0.05) is 50.7 Å². The van der Waals surface area contributed by atoms with Crippen molar-refractivity contribution < 1.29 is 19.1 Å². The van der Waals surface area contributed by atoms with Gasteiger partial charge in [0.15, 0.2) is 0 Å². The Kier molecular flexibility index (Phi) is 9.62. The van der Waals surface area contributed by atoms with E-state index in [4.69, 9.17) is 9.47 Å². The Morgan fingerprint density at radius 2 is 0.950 bits per heavy atom. The second-order valence-corrected chi connectivity index (χ2v) is 5.15. The number of carbonyl (C=O) groups is 2. The third-order valence-corrected chi connectivity index (χ3v) is 3.30. The standard InChI is InChI=1S/C16H26O4/c17-15-11-7-8-12-16(18)20-14-10-6-4-2-1-3-5-9-13-19-15/h7-8H,1-6,9-14H2/b8-7-. The summed E-state index contributed by atoms with van der Waals surface area (Å²) in [4.78, 5) is 22.7. The van der Waals surface area contributed by atoms with E-state index in [0.29, 0.717) is 13.2 Å². The smallest absolute Gasteiger partial charge is 0.309 e. The second-order valence-electron chi connectivity index (χ2n) is 5.15. The lowest BCUT2D eigenvalue weighted by atomic mass is 10.1. The number of esters is 2. The van der Waals surface area contributed by atoms with E-state index >= 15 is 0 Å². The highest BCUT2D eigenvalue weighted by Crippen LogP contribution is 2.09. The Balaban J connectivity index is 2.28. The molecule has 1 aliphatic heterocycles. The van der Waals surface area contributed by atoms with Gasteiger partial charge >= 0.3 is 11.9 Å². The fraction of sp³-hybridized carbons (Fsp3) is 0.750. The van der Waals surface area contributed by atoms with Crippen molar-refractivity contribution in [3.05, 3.63) is 12.2 Å². The lowest BCUT2D eigenvalue weighted by molar-refractivity contribution is -0.144. The monoisotopic (exact) mass is 282 g/mol. The van der Waals surface area contributed by atoms with Crippen LogP contribution in [0.3, 0.4) is 0 Å². The van der Waals surface area contributed by atoms with Crippen LogP contribution in [0.1, 0.15) is 64.2 Å². The fourth-order valence-corrected chi connectivity index (χ4v) is 2.11. The average Bonchev–Trinajstić information content (AvgIpc) is 2.44. The van der Waals surface area contributed by atoms with Crippen molar-refractivity contribution in [1.82, 2.24) is 0 Å². The summed E-state index contributed by atoms with van der Waals surface area (Å²) in [6.45, 7) is 1.02. The van der Waals surface area contributed by atoms with Gasteiger partial charge in [0.25, 0.3) is 0 Å². The van der Waals surface area contributed by atoms with E-state index in [-0.39, 0.29) is 24.8 Å². The molecule has 4 nitrogen and oxygen atoms in total. The number of hydrogen-bond acceptors (Lipinski definition) is 4. The summed E-state index contributed by atoms with van der Waals surface area (Å²) < 4.78 is 10.2. The highest BCUT2D eigenvalue weighted by atomic mass is 16.5. The lowest BCUT2D eigenvalue weighted by Gasteiger charge is -2.05. The molecule has 0 aromatic rings. The molecule has 0 bridgehead atoms. The minimum absolute atomic E-state index is 0.226. The van der Waals surface area contributed by atoms with Gasteiger partial charge in [-0.2, -0.15) is 0 Å². The first-order valence-corrected chi connectivity index (χ1v) is 7.75. The average molecular weight is 282 g/mol. The Bertz CT molecular complexity index is 280. The van der Waals surface area contributed by atoms with Crippen molar-refractivity contribution in [1.29, 1.82) is 0 Å². The van der Waals surface area contributed by atoms with E-state index in [1.54, 1.807) is 12.2 Å². The van der Waals surface area contributed by atoms with E-state index in [9.17, 15) is 9.59 Å². The minimum atomic E-state index is -0.226. The van der Waals surface area contributed by atoms with Crippen molar-refractivity contribution >= 4 is 11.9 Å². The van der Waals surface area contributed by atoms with Gasteiger partial charge < -0.3 is 9.47 Å². The first kappa shape index (κ1) is 16.7. The molecule has 0 fully saturated rings. The molecule has 1 aliphatic rings. The van der Waals surface area contributed by atoms with Crippen molar-refractivity contribution in [2.75, 3.05) is 13.2 Å². The van der Waals surface area contributed by atoms with E-state index < -0.39 is 0 Å². The summed E-state index contributed by atoms with van der Waals surface area (Å²) in [6.07, 6.45) is 12.8. The van der Waals surface area contributed by atoms with Crippen LogP contribution in [0.4, 0.5) is 0 Å². The molecule has 20 heavy (non-hydrogen) atoms. The largest absolute Gasteiger partial charge is 0.465 e. The maximum Gasteiger partial charge on any atom is 0.309 e. The van der Waals surface area contributed by atoms with Crippen molar-refractivity contribution in [2.24, 2.45) is 0 Å². The van der Waals surface area contributed by atoms with E-state index in [0.717, 1.165) is 25.7 Å². The predicted octanol–water partition coefficient (Wildman–Crippen LogP) is 3.54. The van der Waals surface area contributed by atoms with Gasteiger partial charge in [0.05, 0.1) is 26.1 Å². The Morgan fingerprint density at radius 1 is 0.600 bits per heavy atom. The summed E-state index contributed by atoms with van der Waals surface area (Å²) in [5, 5.41) is 0. The number of cyclic esters (lactones) is 2. The van der Waals surface area contributed by atoms with Crippen LogP contribution in [-0.4, -0.2) is 25.2 Å². The Labute approximate surface area is 121 Å². The van der Waals surface area contributed by atoms with Crippen LogP contribution in [0.5, 0.6) is 0 Å². The van der Waals surface area contributed by atoms with Crippen LogP contribution in [0.2, 0.25) is 0 Å². The van der Waals surface area contributed by atoms with Crippen LogP contribution in [-0.2, 0) is 19.1 Å². The lowest BCUT2D eigenvalue weighted by Crippen LogP contribution is -2.06. The SMILES string of the molecule is O=C1C/C=C\CC(=O)OCCCCCCCCCCO1. The molecule has 0 aliphatic carbocycles. The topological polar surface area (TPSA) is 52.6 Å². The summed E-state index contributed by atoms with van der Waals surface area (Å²) >= 11 is 0. The third kappa shape index (κ3) is 9.59. The van der Waals surface area contributed by atoms with Crippen LogP contribution < -0.4 is 0 Å². The molecule has 114 valence electrons. The predicted molar refractivity (Wildman–Crippen MR) is 77.2 cm³/mol. The van der Waals surface area contributed by atoms with Crippen LogP contribution in [0.25, 0.3) is 0 Å². The molecular formula is C16H26O4. The number of rotatable bonds is 0. The van der Waals surface area contributed by atoms with Crippen LogP contribution in [0.15, 0.2) is 12.2 Å². The van der Waals surface area contributed by atoms with Gasteiger partial charge in [0, 0.05) is 0 Å². The second kappa shape index (κ2) is 11.5. The molecule has 0 saturated carbocycles. The molecule has 0 amide bonds. The van der Waals surface area contributed by atoms with E-state index in [2.05, 4.69) is 0 Å². The van der Waals surface area contributed by atoms with Gasteiger partial charge in [-0.3, -0.25) is 9.59 Å². The Hall–Kier alpha value is -1.32. The molecule has 1 rings (SSSR count). The van der Waals surface area contributed by atoms with Crippen LogP contribution >= 0.6 is 0 Å². The zero-order valence-electron chi connectivity index (χ0n) is 12.3. The zero-order valence-corrected chi connectivity index (χ0v) is 12.3. The zero-order chi connectivity index (χ0) is 14.5. The summed E-state index contributed by atoms with van der Waals surface area (Å²) in [5.74, 6) is -0.452. The van der Waals surface area contributed by atoms with Gasteiger partial charge in [0.1, 0.15) is 0 Å². The molecule has 0 radical (unpaired) electrons. The third-order valence-electron chi connectivity index (χ3n) is 3.30. The first-order chi connectivity index (χ1) is 9.79. The number of hydrogen-bond donors (Lipinski definition) is 0. The molecule has 0 saturated heterocycles. The molecule has 0 unspecified atom stereocenters. The molecule has 0 atom stereocenters. The summed E-state index contributed by atoms with van der Waals surface area (Å²) in [5.41, 5.74) is 0. The molecule has 0 N–H and O–H groups in total. The first-order valence-electron chi connectivity index (χ1n) is 7.75. The Morgan fingerprint density at radius 3 is 1.35 bits per heavy atom. The highest BCUT2D eigenvalue weighted by Gasteiger charge is 2.02. The van der Waals surface area contributed by atoms with Gasteiger partial charge in [0.2, 0.25) is 0 Å². The molecule has 0 aromatic heterocycles. The highest BCUT2D eigenvalue weighted by molar-refractivity contribution is 5.73. The molecule has 4 heteroatoms. The number of ether oxygens (including phenoxy) is 2. The number of carbonyl (C=O) groups excluding carboxylic acids is 2. The van der Waals surface area contributed by atoms with Gasteiger partial charge in [-0.15, -0.1) is 0 Å². The molecule has 0 aromatic carbocycles.